The van der Waals surface area contributed by atoms with Crippen molar-refractivity contribution in [3.8, 4) is 11.5 Å². The molecule has 608 valence electrons. The molecule has 12 aromatic carbocycles. The minimum absolute atomic E-state index is 0. The molecule has 0 aromatic heterocycles. The minimum Gasteiger partial charge on any atom is -1.00 e. The van der Waals surface area contributed by atoms with Crippen LogP contribution in [0.2, 0.25) is 0 Å². The van der Waals surface area contributed by atoms with Gasteiger partial charge in [0.15, 0.2) is 0 Å². The summed E-state index contributed by atoms with van der Waals surface area (Å²) in [6.45, 7) is 1.47. The van der Waals surface area contributed by atoms with Gasteiger partial charge in [0.1, 0.15) is 11.5 Å². The third kappa shape index (κ3) is 53.2. The maximum Gasteiger partial charge on any atom is 2.00 e. The van der Waals surface area contributed by atoms with Gasteiger partial charge in [-0.25, -0.2) is 0 Å². The monoisotopic (exact) mass is 2170 g/mol. The van der Waals surface area contributed by atoms with Gasteiger partial charge in [-0.05, 0) is 135 Å². The first-order valence-corrected chi connectivity index (χ1v) is 47.3. The number of hydrogen-bond acceptors (Lipinski definition) is 4. The van der Waals surface area contributed by atoms with Gasteiger partial charge in [0.05, 0.1) is 23.9 Å². The molecule has 0 amide bonds. The third-order valence-corrected chi connectivity index (χ3v) is 26.5. The number of benzene rings is 12. The van der Waals surface area contributed by atoms with Crippen LogP contribution in [0.3, 0.4) is 0 Å². The van der Waals surface area contributed by atoms with Crippen molar-refractivity contribution in [3.63, 3.8) is 0 Å². The van der Waals surface area contributed by atoms with Crippen LogP contribution in [0.15, 0.2) is 374 Å². The van der Waals surface area contributed by atoms with Gasteiger partial charge in [-0.2, -0.15) is 0 Å². The first kappa shape index (κ1) is 106. The Morgan fingerprint density at radius 1 is 0.232 bits per heavy atom. The Balaban J connectivity index is 0.000000682. The van der Waals surface area contributed by atoms with Crippen LogP contribution < -0.4 is 76.7 Å². The van der Waals surface area contributed by atoms with Crippen LogP contribution in [0.4, 0.5) is 50.4 Å². The molecule has 0 radical (unpaired) electrons. The summed E-state index contributed by atoms with van der Waals surface area (Å²) < 4.78 is 130. The van der Waals surface area contributed by atoms with E-state index in [9.17, 15) is 50.4 Å². The van der Waals surface area contributed by atoms with E-state index in [1.54, 1.807) is 0 Å². The van der Waals surface area contributed by atoms with Crippen molar-refractivity contribution < 1.29 is 127 Å². The molecule has 0 N–H and O–H groups in total. The van der Waals surface area contributed by atoms with Crippen molar-refractivity contribution >= 4 is 160 Å². The molecule has 112 heavy (non-hydrogen) atoms. The summed E-state index contributed by atoms with van der Waals surface area (Å²) in [4.78, 5) is 2.72. The number of ether oxygens (including phenoxy) is 2. The average Bonchev–Trinajstić information content (AvgIpc) is 0.794. The zero-order valence-electron chi connectivity index (χ0n) is 59.5. The number of hydrogen-bond donors (Lipinski definition) is 0. The molecule has 0 aliphatic carbocycles. The van der Waals surface area contributed by atoms with E-state index in [1.165, 1.54) is 64.6 Å². The predicted octanol–water partition coefficient (Wildman–Crippen LogP) is 21.8. The fourth-order valence-corrected chi connectivity index (χ4v) is 21.0. The standard InChI is InChI=1S/2C20H19OP.2C20H19PS.2CH2Cl2.2ClH.2F6P.2Pt/c2*1-4-10-18(11-5-1)21-16-17-22(19-12-6-2-7-13-19)20-14-8-3-9-15-20;2*1-4-10-18(11-5-1)21(19-12-6-2-7-13-19)16-17-22-20-14-8-3-9-15-20;2*2-1-3;;;2*1-7(2,3,4,5)6;;/h4*1-15H,16-17H2;2*1H2;2*1H;;;;/q;;;;;;;;2*-1;2*+2/p-2. The van der Waals surface area contributed by atoms with E-state index >= 15 is 0 Å². The quantitative estimate of drug-likeness (QED) is 0.0260. The molecule has 0 saturated carbocycles. The van der Waals surface area contributed by atoms with Crippen LogP contribution in [0.25, 0.3) is 0 Å². The van der Waals surface area contributed by atoms with Crippen molar-refractivity contribution in [2.24, 2.45) is 0 Å². The van der Waals surface area contributed by atoms with E-state index in [1.807, 2.05) is 84.2 Å². The molecule has 30 heteroatoms. The van der Waals surface area contributed by atoms with Crippen LogP contribution in [0.1, 0.15) is 0 Å². The summed E-state index contributed by atoms with van der Waals surface area (Å²) in [5.41, 5.74) is 0. The largest absolute Gasteiger partial charge is 2.00 e. The molecule has 0 heterocycles. The maximum atomic E-state index is 9.87. The Labute approximate surface area is 724 Å². The molecule has 0 spiro atoms. The summed E-state index contributed by atoms with van der Waals surface area (Å²) in [6, 6.07) is 128. The summed E-state index contributed by atoms with van der Waals surface area (Å²) in [5.74, 6) is 4.19. The predicted molar refractivity (Wildman–Crippen MR) is 454 cm³/mol. The number of rotatable bonds is 24. The van der Waals surface area contributed by atoms with Crippen LogP contribution in [0, 0.1) is 0 Å². The van der Waals surface area contributed by atoms with Gasteiger partial charge in [0, 0.05) is 33.6 Å². The topological polar surface area (TPSA) is 18.5 Å². The van der Waals surface area contributed by atoms with E-state index in [2.05, 4.69) is 303 Å². The zero-order valence-corrected chi connectivity index (χ0v) is 75.5. The Bertz CT molecular complexity index is 3580. The van der Waals surface area contributed by atoms with Gasteiger partial charge in [0.2, 0.25) is 0 Å². The van der Waals surface area contributed by atoms with Crippen molar-refractivity contribution in [3.05, 3.63) is 364 Å². The number of alkyl halides is 4. The smallest absolute Gasteiger partial charge is 1.00 e. The van der Waals surface area contributed by atoms with Crippen molar-refractivity contribution in [1.82, 2.24) is 0 Å². The Morgan fingerprint density at radius 2 is 0.366 bits per heavy atom. The van der Waals surface area contributed by atoms with Crippen molar-refractivity contribution in [2.75, 3.05) is 60.0 Å². The third-order valence-electron chi connectivity index (χ3n) is 13.9. The van der Waals surface area contributed by atoms with Gasteiger partial charge in [-0.15, -0.1) is 69.9 Å². The maximum absolute atomic E-state index is 10.7. The average molecular weight is 2180 g/mol. The molecule has 0 atom stereocenters. The first-order chi connectivity index (χ1) is 51.5. The van der Waals surface area contributed by atoms with Crippen LogP contribution in [-0.2, 0) is 42.1 Å². The molecular weight excluding hydrogens is 2100 g/mol. The molecule has 12 aromatic rings. The normalized spacial score (nSPS) is 11.6. The van der Waals surface area contributed by atoms with Crippen molar-refractivity contribution in [1.29, 1.82) is 0 Å². The van der Waals surface area contributed by atoms with Gasteiger partial charge in [0.25, 0.3) is 0 Å². The summed E-state index contributed by atoms with van der Waals surface area (Å²) in [5, 5.41) is 11.9. The van der Waals surface area contributed by atoms with E-state index in [0.29, 0.717) is 0 Å². The molecule has 0 aliphatic rings. The summed E-state index contributed by atoms with van der Waals surface area (Å²) in [7, 11) is -22.6. The van der Waals surface area contributed by atoms with Crippen LogP contribution in [0.5, 0.6) is 11.5 Å². The Kier molecular flexibility index (Phi) is 51.7. The second-order valence-electron chi connectivity index (χ2n) is 22.1. The summed E-state index contributed by atoms with van der Waals surface area (Å²) in [6.07, 6.45) is 4.47. The zero-order chi connectivity index (χ0) is 78.4. The van der Waals surface area contributed by atoms with Gasteiger partial charge >= 0.3 is 108 Å². The molecule has 2 nitrogen and oxygen atoms in total. The number of para-hydroxylation sites is 2. The Morgan fingerprint density at radius 3 is 0.527 bits per heavy atom. The fourth-order valence-electron chi connectivity index (χ4n) is 9.58. The molecular formula is C82H80Cl6F12O2P6Pt2S2. The van der Waals surface area contributed by atoms with Crippen molar-refractivity contribution in [2.45, 2.75) is 9.79 Å². The number of halogens is 18. The molecule has 0 bridgehead atoms. The summed E-state index contributed by atoms with van der Waals surface area (Å²) >= 11 is 23.0. The minimum atomic E-state index is -10.7. The van der Waals surface area contributed by atoms with Crippen LogP contribution in [-0.4, -0.2) is 60.0 Å². The van der Waals surface area contributed by atoms with E-state index < -0.39 is 15.6 Å². The SMILES string of the molecule is ClCCl.ClCCl.F[P-](F)(F)(F)(F)F.F[P-](F)(F)(F)(F)F.[Cl-].[Cl-].[Pt+2].[Pt+2].c1ccc(OCCP(c2ccccc2)c2ccccc2)cc1.c1ccc(OCCP(c2ccccc2)c2ccccc2)cc1.c1ccc(SCCP(c2ccccc2)c2ccccc2)cc1.c1ccc(SCCP(c2ccccc2)c2ccccc2)cc1. The molecule has 12 rings (SSSR count). The Hall–Kier alpha value is -4.20. The van der Waals surface area contributed by atoms with Gasteiger partial charge in [-0.3, -0.25) is 0 Å². The van der Waals surface area contributed by atoms with E-state index in [0.717, 1.165) is 48.5 Å². The second-order valence-corrected chi connectivity index (χ2v) is 39.2. The first-order valence-electron chi connectivity index (χ1n) is 33.1. The van der Waals surface area contributed by atoms with Crippen LogP contribution >= 0.6 is 117 Å². The van der Waals surface area contributed by atoms with E-state index in [-0.39, 0.29) is 109 Å². The molecule has 0 unspecified atom stereocenters. The molecule has 0 saturated heterocycles. The van der Waals surface area contributed by atoms with Gasteiger partial charge < -0.3 is 34.3 Å². The number of thioether (sulfide) groups is 2. The van der Waals surface area contributed by atoms with Gasteiger partial charge in [-0.1, -0.05) is 315 Å². The second kappa shape index (κ2) is 54.7. The van der Waals surface area contributed by atoms with E-state index in [4.69, 9.17) is 55.9 Å². The molecule has 0 fully saturated rings. The fraction of sp³-hybridized carbons (Fsp3) is 0.122. The molecule has 0 aliphatic heterocycles.